The predicted octanol–water partition coefficient (Wildman–Crippen LogP) is 2.02. The molecule has 64 valence electrons. The minimum atomic E-state index is -0.595. The van der Waals surface area contributed by atoms with Crippen molar-refractivity contribution < 1.29 is 5.11 Å². The number of aliphatic hydroxyl groups is 1. The van der Waals surface area contributed by atoms with Gasteiger partial charge in [0.15, 0.2) is 0 Å². The van der Waals surface area contributed by atoms with Crippen molar-refractivity contribution in [3.63, 3.8) is 0 Å². The van der Waals surface area contributed by atoms with Gasteiger partial charge in [0.1, 0.15) is 5.15 Å². The number of rotatable bonds is 1. The Morgan fingerprint density at radius 2 is 2.25 bits per heavy atom. The molecule has 1 saturated carbocycles. The van der Waals surface area contributed by atoms with Crippen LogP contribution in [-0.4, -0.2) is 10.1 Å². The summed E-state index contributed by atoms with van der Waals surface area (Å²) in [5.74, 6) is 0. The van der Waals surface area contributed by atoms with Crippen LogP contribution in [0, 0.1) is 6.92 Å². The minimum absolute atomic E-state index is 0.517. The number of nitrogens with zero attached hydrogens (tertiary/aromatic N) is 1. The average Bonchev–Trinajstić information content (AvgIpc) is 2.75. The second kappa shape index (κ2) is 2.44. The molecule has 1 aliphatic rings. The van der Waals surface area contributed by atoms with Crippen LogP contribution in [0.4, 0.5) is 0 Å². The maximum Gasteiger partial charge on any atom is 0.131 e. The SMILES string of the molecule is Cc1cc(C2(O)CC2)cnc1Cl. The van der Waals surface area contributed by atoms with Crippen molar-refractivity contribution in [3.05, 3.63) is 28.5 Å². The predicted molar refractivity (Wildman–Crippen MR) is 47.1 cm³/mol. The number of aryl methyl sites for hydroxylation is 1. The Kier molecular flexibility index (Phi) is 1.63. The Balaban J connectivity index is 2.41. The van der Waals surface area contributed by atoms with Crippen molar-refractivity contribution in [2.24, 2.45) is 0 Å². The number of pyridine rings is 1. The summed E-state index contributed by atoms with van der Waals surface area (Å²) >= 11 is 5.76. The molecule has 0 spiro atoms. The van der Waals surface area contributed by atoms with E-state index in [4.69, 9.17) is 11.6 Å². The lowest BCUT2D eigenvalue weighted by molar-refractivity contribution is 0.151. The maximum absolute atomic E-state index is 9.73. The molecule has 1 aromatic heterocycles. The van der Waals surface area contributed by atoms with Crippen LogP contribution in [0.15, 0.2) is 12.3 Å². The molecule has 0 unspecified atom stereocenters. The van der Waals surface area contributed by atoms with E-state index in [9.17, 15) is 5.11 Å². The van der Waals surface area contributed by atoms with E-state index in [1.807, 2.05) is 13.0 Å². The molecule has 1 N–H and O–H groups in total. The van der Waals surface area contributed by atoms with Gasteiger partial charge in [-0.3, -0.25) is 0 Å². The molecule has 3 heteroatoms. The Hall–Kier alpha value is -0.600. The first-order valence-electron chi connectivity index (χ1n) is 3.97. The summed E-state index contributed by atoms with van der Waals surface area (Å²) in [6, 6.07) is 1.91. The molecule has 1 aromatic rings. The average molecular weight is 184 g/mol. The molecule has 0 amide bonds. The molecule has 0 saturated heterocycles. The summed E-state index contributed by atoms with van der Waals surface area (Å²) in [7, 11) is 0. The van der Waals surface area contributed by atoms with E-state index in [0.717, 1.165) is 24.0 Å². The highest BCUT2D eigenvalue weighted by atomic mass is 35.5. The second-order valence-corrected chi connectivity index (χ2v) is 3.72. The molecular weight excluding hydrogens is 174 g/mol. The van der Waals surface area contributed by atoms with E-state index >= 15 is 0 Å². The highest BCUT2D eigenvalue weighted by Crippen LogP contribution is 2.45. The number of hydrogen-bond donors (Lipinski definition) is 1. The van der Waals surface area contributed by atoms with E-state index in [1.54, 1.807) is 6.20 Å². The standard InChI is InChI=1S/C9H10ClNO/c1-6-4-7(5-11-8(6)10)9(12)2-3-9/h4-5,12H,2-3H2,1H3. The quantitative estimate of drug-likeness (QED) is 0.676. The third kappa shape index (κ3) is 1.21. The Morgan fingerprint density at radius 1 is 1.58 bits per heavy atom. The van der Waals surface area contributed by atoms with Gasteiger partial charge >= 0.3 is 0 Å². The summed E-state index contributed by atoms with van der Waals surface area (Å²) in [5, 5.41) is 10.2. The van der Waals surface area contributed by atoms with E-state index in [2.05, 4.69) is 4.98 Å². The molecule has 0 atom stereocenters. The highest BCUT2D eigenvalue weighted by Gasteiger charge is 2.42. The highest BCUT2D eigenvalue weighted by molar-refractivity contribution is 6.30. The van der Waals surface area contributed by atoms with Crippen LogP contribution < -0.4 is 0 Å². The van der Waals surface area contributed by atoms with Crippen LogP contribution in [0.2, 0.25) is 5.15 Å². The first-order valence-corrected chi connectivity index (χ1v) is 4.35. The first kappa shape index (κ1) is 8.02. The minimum Gasteiger partial charge on any atom is -0.385 e. The van der Waals surface area contributed by atoms with Gasteiger partial charge in [-0.2, -0.15) is 0 Å². The summed E-state index contributed by atoms with van der Waals surface area (Å²) in [4.78, 5) is 3.99. The molecular formula is C9H10ClNO. The van der Waals surface area contributed by atoms with Crippen LogP contribution in [0.1, 0.15) is 24.0 Å². The molecule has 2 rings (SSSR count). The van der Waals surface area contributed by atoms with Gasteiger partial charge in [-0.1, -0.05) is 11.6 Å². The third-order valence-corrected chi connectivity index (χ3v) is 2.67. The summed E-state index contributed by atoms with van der Waals surface area (Å²) < 4.78 is 0. The molecule has 1 aliphatic carbocycles. The largest absolute Gasteiger partial charge is 0.385 e. The topological polar surface area (TPSA) is 33.1 Å². The number of aromatic nitrogens is 1. The maximum atomic E-state index is 9.73. The fraction of sp³-hybridized carbons (Fsp3) is 0.444. The Morgan fingerprint density at radius 3 is 2.75 bits per heavy atom. The molecule has 0 aliphatic heterocycles. The van der Waals surface area contributed by atoms with E-state index in [-0.39, 0.29) is 0 Å². The van der Waals surface area contributed by atoms with Gasteiger partial charge in [-0.05, 0) is 31.4 Å². The van der Waals surface area contributed by atoms with Crippen molar-refractivity contribution in [2.75, 3.05) is 0 Å². The second-order valence-electron chi connectivity index (χ2n) is 3.36. The first-order chi connectivity index (χ1) is 5.62. The zero-order valence-electron chi connectivity index (χ0n) is 6.84. The van der Waals surface area contributed by atoms with E-state index < -0.39 is 5.60 Å². The van der Waals surface area contributed by atoms with Crippen LogP contribution in [0.5, 0.6) is 0 Å². The van der Waals surface area contributed by atoms with Crippen LogP contribution in [-0.2, 0) is 5.60 Å². The zero-order chi connectivity index (χ0) is 8.77. The number of hydrogen-bond acceptors (Lipinski definition) is 2. The summed E-state index contributed by atoms with van der Waals surface area (Å²) in [6.45, 7) is 1.89. The van der Waals surface area contributed by atoms with E-state index in [1.165, 1.54) is 0 Å². The van der Waals surface area contributed by atoms with E-state index in [0.29, 0.717) is 5.15 Å². The fourth-order valence-corrected chi connectivity index (χ4v) is 1.32. The molecule has 2 nitrogen and oxygen atoms in total. The van der Waals surface area contributed by atoms with Gasteiger partial charge in [0.25, 0.3) is 0 Å². The lowest BCUT2D eigenvalue weighted by Gasteiger charge is -2.08. The van der Waals surface area contributed by atoms with Gasteiger partial charge in [-0.15, -0.1) is 0 Å². The van der Waals surface area contributed by atoms with Crippen molar-refractivity contribution in [2.45, 2.75) is 25.4 Å². The van der Waals surface area contributed by atoms with Crippen LogP contribution >= 0.6 is 11.6 Å². The molecule has 1 heterocycles. The van der Waals surface area contributed by atoms with Crippen molar-refractivity contribution in [1.29, 1.82) is 0 Å². The monoisotopic (exact) mass is 183 g/mol. The van der Waals surface area contributed by atoms with Crippen molar-refractivity contribution >= 4 is 11.6 Å². The van der Waals surface area contributed by atoms with Gasteiger partial charge in [0.05, 0.1) is 5.60 Å². The normalized spacial score (nSPS) is 19.2. The fourth-order valence-electron chi connectivity index (χ4n) is 1.22. The Labute approximate surface area is 76.2 Å². The molecule has 0 bridgehead atoms. The van der Waals surface area contributed by atoms with Crippen LogP contribution in [0.3, 0.4) is 0 Å². The van der Waals surface area contributed by atoms with Crippen molar-refractivity contribution in [3.8, 4) is 0 Å². The van der Waals surface area contributed by atoms with Gasteiger partial charge in [0.2, 0.25) is 0 Å². The lowest BCUT2D eigenvalue weighted by atomic mass is 10.1. The van der Waals surface area contributed by atoms with Crippen LogP contribution in [0.25, 0.3) is 0 Å². The van der Waals surface area contributed by atoms with Gasteiger partial charge < -0.3 is 5.11 Å². The number of halogens is 1. The van der Waals surface area contributed by atoms with Gasteiger partial charge in [-0.25, -0.2) is 4.98 Å². The summed E-state index contributed by atoms with van der Waals surface area (Å²) in [6.07, 6.45) is 3.34. The molecule has 12 heavy (non-hydrogen) atoms. The summed E-state index contributed by atoms with van der Waals surface area (Å²) in [5.41, 5.74) is 1.22. The Bertz CT molecular complexity index is 320. The van der Waals surface area contributed by atoms with Crippen molar-refractivity contribution in [1.82, 2.24) is 4.98 Å². The third-order valence-electron chi connectivity index (χ3n) is 2.28. The molecule has 1 fully saturated rings. The molecule has 0 radical (unpaired) electrons. The smallest absolute Gasteiger partial charge is 0.131 e. The lowest BCUT2D eigenvalue weighted by Crippen LogP contribution is -2.05. The molecule has 0 aromatic carbocycles. The van der Waals surface area contributed by atoms with Gasteiger partial charge in [0, 0.05) is 11.8 Å². The zero-order valence-corrected chi connectivity index (χ0v) is 7.60.